The van der Waals surface area contributed by atoms with E-state index in [1.165, 1.54) is 43.9 Å². The molecular formula is C19H28N2OS2. The number of piperidine rings is 1. The van der Waals surface area contributed by atoms with E-state index in [4.69, 9.17) is 0 Å². The molecule has 3 nitrogen and oxygen atoms in total. The van der Waals surface area contributed by atoms with Gasteiger partial charge in [-0.05, 0) is 61.9 Å². The topological polar surface area (TPSA) is 32.3 Å². The molecule has 2 fully saturated rings. The number of carbonyl (C=O) groups excluding carboxylic acids is 1. The minimum atomic E-state index is 0.0844. The molecule has 2 saturated heterocycles. The second-order valence-electron chi connectivity index (χ2n) is 6.64. The minimum absolute atomic E-state index is 0.0844. The number of benzene rings is 1. The summed E-state index contributed by atoms with van der Waals surface area (Å²) in [7, 11) is 0. The zero-order valence-electron chi connectivity index (χ0n) is 14.5. The molecule has 1 aromatic rings. The average Bonchev–Trinajstić information content (AvgIpc) is 3.15. The SMILES string of the molecule is CCSc1ccccc1C(=O)NCC1CCN([C@H]2CCSC2)CC1. The van der Waals surface area contributed by atoms with Crippen LogP contribution in [0.15, 0.2) is 29.2 Å². The summed E-state index contributed by atoms with van der Waals surface area (Å²) < 4.78 is 0. The fourth-order valence-corrected chi connectivity index (χ4v) is 5.66. The number of thioether (sulfide) groups is 2. The Morgan fingerprint density at radius 2 is 2.08 bits per heavy atom. The maximum atomic E-state index is 12.5. The summed E-state index contributed by atoms with van der Waals surface area (Å²) >= 11 is 3.83. The normalized spacial score (nSPS) is 22.6. The highest BCUT2D eigenvalue weighted by Gasteiger charge is 2.27. The van der Waals surface area contributed by atoms with Crippen molar-refractivity contribution in [1.29, 1.82) is 0 Å². The fourth-order valence-electron chi connectivity index (χ4n) is 3.60. The van der Waals surface area contributed by atoms with E-state index in [1.807, 2.05) is 24.3 Å². The lowest BCUT2D eigenvalue weighted by Gasteiger charge is -2.35. The van der Waals surface area contributed by atoms with Gasteiger partial charge < -0.3 is 5.32 Å². The number of rotatable bonds is 6. The monoisotopic (exact) mass is 364 g/mol. The van der Waals surface area contributed by atoms with Crippen LogP contribution in [0.2, 0.25) is 0 Å². The summed E-state index contributed by atoms with van der Waals surface area (Å²) in [5.74, 6) is 4.34. The first-order chi connectivity index (χ1) is 11.8. The summed E-state index contributed by atoms with van der Waals surface area (Å²) in [5, 5.41) is 3.18. The molecule has 1 amide bonds. The van der Waals surface area contributed by atoms with E-state index in [0.717, 1.165) is 28.8 Å². The standard InChI is InChI=1S/C19H28N2OS2/c1-2-24-18-6-4-3-5-17(18)19(22)20-13-15-7-10-21(11-8-15)16-9-12-23-14-16/h3-6,15-16H,2,7-14H2,1H3,(H,20,22)/t16-/m0/s1. The largest absolute Gasteiger partial charge is 0.352 e. The smallest absolute Gasteiger partial charge is 0.252 e. The third kappa shape index (κ3) is 4.70. The van der Waals surface area contributed by atoms with Crippen LogP contribution in [-0.2, 0) is 0 Å². The van der Waals surface area contributed by atoms with Gasteiger partial charge in [-0.3, -0.25) is 9.69 Å². The Hall–Kier alpha value is -0.650. The van der Waals surface area contributed by atoms with E-state index in [-0.39, 0.29) is 5.91 Å². The molecule has 0 radical (unpaired) electrons. The molecule has 0 saturated carbocycles. The Kier molecular flexibility index (Phi) is 6.93. The lowest BCUT2D eigenvalue weighted by Crippen LogP contribution is -2.43. The second-order valence-corrected chi connectivity index (χ2v) is 9.09. The molecule has 132 valence electrons. The van der Waals surface area contributed by atoms with Crippen LogP contribution in [0.4, 0.5) is 0 Å². The molecule has 1 atom stereocenters. The molecule has 5 heteroatoms. The first kappa shape index (κ1) is 18.2. The van der Waals surface area contributed by atoms with E-state index >= 15 is 0 Å². The summed E-state index contributed by atoms with van der Waals surface area (Å²) in [5.41, 5.74) is 0.824. The molecule has 0 unspecified atom stereocenters. The van der Waals surface area contributed by atoms with Crippen LogP contribution in [0, 0.1) is 5.92 Å². The van der Waals surface area contributed by atoms with Gasteiger partial charge in [0.25, 0.3) is 5.91 Å². The number of likely N-dealkylation sites (tertiary alicyclic amines) is 1. The van der Waals surface area contributed by atoms with Crippen LogP contribution in [0.1, 0.15) is 36.5 Å². The number of amides is 1. The van der Waals surface area contributed by atoms with E-state index < -0.39 is 0 Å². The van der Waals surface area contributed by atoms with Gasteiger partial charge >= 0.3 is 0 Å². The van der Waals surface area contributed by atoms with Crippen LogP contribution in [0.3, 0.4) is 0 Å². The van der Waals surface area contributed by atoms with Crippen molar-refractivity contribution in [1.82, 2.24) is 10.2 Å². The van der Waals surface area contributed by atoms with Gasteiger partial charge in [-0.2, -0.15) is 11.8 Å². The molecule has 0 aromatic heterocycles. The lowest BCUT2D eigenvalue weighted by atomic mass is 9.95. The van der Waals surface area contributed by atoms with E-state index in [0.29, 0.717) is 5.92 Å². The molecule has 24 heavy (non-hydrogen) atoms. The van der Waals surface area contributed by atoms with Crippen molar-refractivity contribution < 1.29 is 4.79 Å². The average molecular weight is 365 g/mol. The van der Waals surface area contributed by atoms with Crippen molar-refractivity contribution in [3.05, 3.63) is 29.8 Å². The van der Waals surface area contributed by atoms with Crippen molar-refractivity contribution in [2.45, 2.75) is 37.1 Å². The maximum Gasteiger partial charge on any atom is 0.252 e. The Morgan fingerprint density at radius 1 is 1.29 bits per heavy atom. The Balaban J connectivity index is 1.45. The van der Waals surface area contributed by atoms with Crippen molar-refractivity contribution in [2.75, 3.05) is 36.9 Å². The molecular weight excluding hydrogens is 336 g/mol. The highest BCUT2D eigenvalue weighted by molar-refractivity contribution is 7.99. The molecule has 1 aromatic carbocycles. The quantitative estimate of drug-likeness (QED) is 0.779. The molecule has 0 bridgehead atoms. The van der Waals surface area contributed by atoms with Gasteiger partial charge in [0.05, 0.1) is 5.56 Å². The number of nitrogens with one attached hydrogen (secondary N) is 1. The van der Waals surface area contributed by atoms with Gasteiger partial charge in [0.1, 0.15) is 0 Å². The fraction of sp³-hybridized carbons (Fsp3) is 0.632. The van der Waals surface area contributed by atoms with Gasteiger partial charge in [0.2, 0.25) is 0 Å². The van der Waals surface area contributed by atoms with Crippen LogP contribution in [0.25, 0.3) is 0 Å². The molecule has 1 N–H and O–H groups in total. The van der Waals surface area contributed by atoms with Crippen molar-refractivity contribution in [3.63, 3.8) is 0 Å². The van der Waals surface area contributed by atoms with Crippen molar-refractivity contribution >= 4 is 29.4 Å². The molecule has 3 rings (SSSR count). The number of nitrogens with zero attached hydrogens (tertiary/aromatic N) is 1. The number of hydrogen-bond acceptors (Lipinski definition) is 4. The molecule has 2 heterocycles. The zero-order chi connectivity index (χ0) is 16.8. The van der Waals surface area contributed by atoms with Gasteiger partial charge in [-0.1, -0.05) is 19.1 Å². The maximum absolute atomic E-state index is 12.5. The summed E-state index contributed by atoms with van der Waals surface area (Å²) in [6.45, 7) is 5.34. The van der Waals surface area contributed by atoms with Crippen molar-refractivity contribution in [2.24, 2.45) is 5.92 Å². The molecule has 2 aliphatic rings. The Labute approximate surface area is 154 Å². The summed E-state index contributed by atoms with van der Waals surface area (Å²) in [6.07, 6.45) is 3.79. The van der Waals surface area contributed by atoms with Crippen LogP contribution < -0.4 is 5.32 Å². The highest BCUT2D eigenvalue weighted by atomic mass is 32.2. The van der Waals surface area contributed by atoms with Crippen LogP contribution in [-0.4, -0.2) is 53.7 Å². The summed E-state index contributed by atoms with van der Waals surface area (Å²) in [4.78, 5) is 16.3. The molecule has 2 aliphatic heterocycles. The van der Waals surface area contributed by atoms with E-state index in [9.17, 15) is 4.79 Å². The first-order valence-electron chi connectivity index (χ1n) is 9.09. The summed E-state index contributed by atoms with van der Waals surface area (Å²) in [6, 6.07) is 8.75. The van der Waals surface area contributed by atoms with Crippen LogP contribution >= 0.6 is 23.5 Å². The molecule has 0 spiro atoms. The third-order valence-electron chi connectivity index (χ3n) is 5.05. The van der Waals surface area contributed by atoms with Gasteiger partial charge in [-0.15, -0.1) is 11.8 Å². The number of carbonyl (C=O) groups is 1. The first-order valence-corrected chi connectivity index (χ1v) is 11.2. The van der Waals surface area contributed by atoms with Crippen molar-refractivity contribution in [3.8, 4) is 0 Å². The Bertz CT molecular complexity index is 538. The molecule has 0 aliphatic carbocycles. The van der Waals surface area contributed by atoms with Gasteiger partial charge in [-0.25, -0.2) is 0 Å². The number of hydrogen-bond donors (Lipinski definition) is 1. The minimum Gasteiger partial charge on any atom is -0.352 e. The second kappa shape index (κ2) is 9.16. The third-order valence-corrected chi connectivity index (χ3v) is 7.15. The lowest BCUT2D eigenvalue weighted by molar-refractivity contribution is 0.0925. The highest BCUT2D eigenvalue weighted by Crippen LogP contribution is 2.27. The van der Waals surface area contributed by atoms with E-state index in [1.54, 1.807) is 11.8 Å². The predicted molar refractivity (Wildman–Crippen MR) is 105 cm³/mol. The predicted octanol–water partition coefficient (Wildman–Crippen LogP) is 3.75. The van der Waals surface area contributed by atoms with Gasteiger partial charge in [0, 0.05) is 23.2 Å². The zero-order valence-corrected chi connectivity index (χ0v) is 16.1. The van der Waals surface area contributed by atoms with Crippen LogP contribution in [0.5, 0.6) is 0 Å². The van der Waals surface area contributed by atoms with Gasteiger partial charge in [0.15, 0.2) is 0 Å². The Morgan fingerprint density at radius 3 is 2.79 bits per heavy atom. The van der Waals surface area contributed by atoms with E-state index in [2.05, 4.69) is 28.9 Å².